The minimum atomic E-state index is 0.0429. The van der Waals surface area contributed by atoms with E-state index < -0.39 is 0 Å². The highest BCUT2D eigenvalue weighted by Gasteiger charge is 2.20. The van der Waals surface area contributed by atoms with E-state index >= 15 is 0 Å². The van der Waals surface area contributed by atoms with Crippen molar-refractivity contribution >= 4 is 43.6 Å². The second-order valence-electron chi connectivity index (χ2n) is 12.1. The quantitative estimate of drug-likeness (QED) is 0.218. The molecule has 8 aromatic rings. The Balaban J connectivity index is 1.40. The van der Waals surface area contributed by atoms with Gasteiger partial charge in [-0.15, -0.1) is 0 Å². The van der Waals surface area contributed by atoms with E-state index in [4.69, 9.17) is 4.98 Å². The van der Waals surface area contributed by atoms with Crippen LogP contribution in [0, 0.1) is 0 Å². The lowest BCUT2D eigenvalue weighted by Crippen LogP contribution is -2.12. The summed E-state index contributed by atoms with van der Waals surface area (Å²) in [6, 6.07) is 46.0. The van der Waals surface area contributed by atoms with Crippen molar-refractivity contribution in [1.29, 1.82) is 0 Å². The molecule has 0 bridgehead atoms. The lowest BCUT2D eigenvalue weighted by Gasteiger charge is -2.20. The van der Waals surface area contributed by atoms with Gasteiger partial charge in [-0.1, -0.05) is 93.6 Å². The summed E-state index contributed by atoms with van der Waals surface area (Å²) in [6.45, 7) is 6.75. The van der Waals surface area contributed by atoms with Crippen molar-refractivity contribution in [3.63, 3.8) is 0 Å². The summed E-state index contributed by atoms with van der Waals surface area (Å²) in [4.78, 5) is 4.84. The molecule has 0 aliphatic carbocycles. The molecule has 0 radical (unpaired) electrons. The van der Waals surface area contributed by atoms with E-state index in [9.17, 15) is 0 Å². The second-order valence-corrected chi connectivity index (χ2v) is 12.1. The zero-order valence-electron chi connectivity index (χ0n) is 24.0. The van der Waals surface area contributed by atoms with Crippen LogP contribution >= 0.6 is 0 Å². The molecule has 5 aromatic carbocycles. The molecule has 0 atom stereocenters. The number of benzene rings is 5. The summed E-state index contributed by atoms with van der Waals surface area (Å²) >= 11 is 0. The SMILES string of the molecule is CC(C)(C)c1ccnc(-n2c3ccccc3c3cc(-c4cccc5c4c4ccccc4n5-c4ccccc4)ccc32)c1. The Labute approximate surface area is 245 Å². The molecule has 3 nitrogen and oxygen atoms in total. The molecule has 0 N–H and O–H groups in total. The summed E-state index contributed by atoms with van der Waals surface area (Å²) < 4.78 is 4.69. The van der Waals surface area contributed by atoms with Crippen LogP contribution in [0.2, 0.25) is 0 Å². The first kappa shape index (κ1) is 24.6. The van der Waals surface area contributed by atoms with Gasteiger partial charge in [0.1, 0.15) is 5.82 Å². The van der Waals surface area contributed by atoms with Crippen molar-refractivity contribution in [3.05, 3.63) is 139 Å². The van der Waals surface area contributed by atoms with Gasteiger partial charge in [-0.05, 0) is 76.7 Å². The number of aromatic nitrogens is 3. The van der Waals surface area contributed by atoms with E-state index in [0.29, 0.717) is 0 Å². The van der Waals surface area contributed by atoms with E-state index in [1.165, 1.54) is 60.5 Å². The Morgan fingerprint density at radius 2 is 1.19 bits per heavy atom. The average Bonchev–Trinajstić information content (AvgIpc) is 3.54. The molecule has 3 aromatic heterocycles. The van der Waals surface area contributed by atoms with Crippen LogP contribution < -0.4 is 0 Å². The van der Waals surface area contributed by atoms with Gasteiger partial charge in [0.05, 0.1) is 22.1 Å². The number of hydrogen-bond donors (Lipinski definition) is 0. The lowest BCUT2D eigenvalue weighted by molar-refractivity contribution is 0.588. The molecule has 0 spiro atoms. The maximum absolute atomic E-state index is 4.84. The van der Waals surface area contributed by atoms with Crippen molar-refractivity contribution in [2.75, 3.05) is 0 Å². The van der Waals surface area contributed by atoms with Crippen LogP contribution in [0.25, 0.3) is 66.2 Å². The van der Waals surface area contributed by atoms with Crippen LogP contribution in [0.4, 0.5) is 0 Å². The lowest BCUT2D eigenvalue weighted by atomic mass is 9.88. The number of nitrogens with zero attached hydrogens (tertiary/aromatic N) is 3. The van der Waals surface area contributed by atoms with Gasteiger partial charge in [-0.2, -0.15) is 0 Å². The van der Waals surface area contributed by atoms with E-state index in [1.807, 2.05) is 6.20 Å². The fourth-order valence-electron chi connectivity index (χ4n) is 6.51. The largest absolute Gasteiger partial charge is 0.309 e. The predicted molar refractivity (Wildman–Crippen MR) is 177 cm³/mol. The van der Waals surface area contributed by atoms with Crippen molar-refractivity contribution in [3.8, 4) is 22.6 Å². The smallest absolute Gasteiger partial charge is 0.137 e. The van der Waals surface area contributed by atoms with Gasteiger partial charge in [0.2, 0.25) is 0 Å². The molecular formula is C39H31N3. The van der Waals surface area contributed by atoms with E-state index in [1.54, 1.807) is 0 Å². The first-order valence-corrected chi connectivity index (χ1v) is 14.6. The van der Waals surface area contributed by atoms with Crippen LogP contribution in [-0.2, 0) is 5.41 Å². The minimum Gasteiger partial charge on any atom is -0.309 e. The van der Waals surface area contributed by atoms with Crippen molar-refractivity contribution in [2.24, 2.45) is 0 Å². The number of fused-ring (bicyclic) bond motifs is 6. The highest BCUT2D eigenvalue weighted by atomic mass is 15.1. The Bertz CT molecular complexity index is 2280. The standard InChI is InChI=1S/C39H31N3/c1-39(2,3)27-22-23-40-37(25-27)42-33-17-9-7-14-30(33)32-24-26(20-21-35(32)42)29-16-11-19-36-38(29)31-15-8-10-18-34(31)41(36)28-12-5-4-6-13-28/h4-25H,1-3H3. The van der Waals surface area contributed by atoms with Gasteiger partial charge in [-0.3, -0.25) is 4.57 Å². The first-order valence-electron chi connectivity index (χ1n) is 14.6. The third kappa shape index (κ3) is 3.70. The maximum atomic E-state index is 4.84. The molecule has 0 aliphatic rings. The van der Waals surface area contributed by atoms with Gasteiger partial charge in [0.25, 0.3) is 0 Å². The van der Waals surface area contributed by atoms with Crippen molar-refractivity contribution in [1.82, 2.24) is 14.1 Å². The first-order chi connectivity index (χ1) is 20.5. The van der Waals surface area contributed by atoms with Crippen LogP contribution in [0.5, 0.6) is 0 Å². The molecular weight excluding hydrogens is 510 g/mol. The van der Waals surface area contributed by atoms with E-state index in [-0.39, 0.29) is 5.41 Å². The number of rotatable bonds is 3. The van der Waals surface area contributed by atoms with Crippen LogP contribution in [0.15, 0.2) is 134 Å². The Morgan fingerprint density at radius 1 is 0.524 bits per heavy atom. The monoisotopic (exact) mass is 541 g/mol. The molecule has 0 unspecified atom stereocenters. The fourth-order valence-corrected chi connectivity index (χ4v) is 6.51. The summed E-state index contributed by atoms with van der Waals surface area (Å²) in [5, 5.41) is 5.00. The summed E-state index contributed by atoms with van der Waals surface area (Å²) in [7, 11) is 0. The second kappa shape index (κ2) is 9.19. The molecule has 3 heterocycles. The summed E-state index contributed by atoms with van der Waals surface area (Å²) in [5.41, 5.74) is 9.70. The molecule has 0 aliphatic heterocycles. The molecule has 202 valence electrons. The molecule has 0 saturated heterocycles. The molecule has 0 amide bonds. The van der Waals surface area contributed by atoms with Gasteiger partial charge < -0.3 is 4.57 Å². The van der Waals surface area contributed by atoms with Crippen molar-refractivity contribution < 1.29 is 0 Å². The molecule has 0 fully saturated rings. The highest BCUT2D eigenvalue weighted by molar-refractivity contribution is 6.17. The molecule has 8 rings (SSSR count). The average molecular weight is 542 g/mol. The fraction of sp³-hybridized carbons (Fsp3) is 0.103. The number of pyridine rings is 1. The third-order valence-corrected chi connectivity index (χ3v) is 8.54. The van der Waals surface area contributed by atoms with Crippen molar-refractivity contribution in [2.45, 2.75) is 26.2 Å². The Morgan fingerprint density at radius 3 is 1.98 bits per heavy atom. The maximum Gasteiger partial charge on any atom is 0.137 e. The normalized spacial score (nSPS) is 12.2. The Hall–Kier alpha value is -5.15. The topological polar surface area (TPSA) is 22.8 Å². The van der Waals surface area contributed by atoms with Crippen LogP contribution in [-0.4, -0.2) is 14.1 Å². The molecule has 0 saturated carbocycles. The predicted octanol–water partition coefficient (Wildman–Crippen LogP) is 10.2. The van der Waals surface area contributed by atoms with Gasteiger partial charge >= 0.3 is 0 Å². The van der Waals surface area contributed by atoms with Crippen LogP contribution in [0.3, 0.4) is 0 Å². The zero-order chi connectivity index (χ0) is 28.4. The Kier molecular flexibility index (Phi) is 5.39. The highest BCUT2D eigenvalue weighted by Crippen LogP contribution is 2.41. The number of para-hydroxylation sites is 3. The minimum absolute atomic E-state index is 0.0429. The van der Waals surface area contributed by atoms with Gasteiger partial charge in [0, 0.05) is 33.4 Å². The summed E-state index contributed by atoms with van der Waals surface area (Å²) in [6.07, 6.45) is 1.94. The zero-order valence-corrected chi connectivity index (χ0v) is 24.0. The molecule has 42 heavy (non-hydrogen) atoms. The summed E-state index contributed by atoms with van der Waals surface area (Å²) in [5.74, 6) is 0.953. The van der Waals surface area contributed by atoms with Crippen LogP contribution in [0.1, 0.15) is 26.3 Å². The van der Waals surface area contributed by atoms with Gasteiger partial charge in [0.15, 0.2) is 0 Å². The molecule has 3 heteroatoms. The van der Waals surface area contributed by atoms with E-state index in [2.05, 4.69) is 157 Å². The van der Waals surface area contributed by atoms with Gasteiger partial charge in [-0.25, -0.2) is 4.98 Å². The van der Waals surface area contributed by atoms with E-state index in [0.717, 1.165) is 11.3 Å². The number of hydrogen-bond acceptors (Lipinski definition) is 1. The third-order valence-electron chi connectivity index (χ3n) is 8.54.